The number of hydrazone groups is 1. The average molecular weight is 336 g/mol. The lowest BCUT2D eigenvalue weighted by Crippen LogP contribution is -2.30. The fraction of sp³-hybridized carbons (Fsp3) is 0.263. The van der Waals surface area contributed by atoms with Crippen LogP contribution in [0.25, 0.3) is 22.0 Å². The summed E-state index contributed by atoms with van der Waals surface area (Å²) >= 11 is 1.60. The van der Waals surface area contributed by atoms with Crippen molar-refractivity contribution in [2.24, 2.45) is 5.10 Å². The number of nitrogens with one attached hydrogen (secondary N) is 1. The Balaban J connectivity index is 1.50. The van der Waals surface area contributed by atoms with E-state index in [1.807, 2.05) is 0 Å². The normalized spacial score (nSPS) is 15.6. The van der Waals surface area contributed by atoms with Gasteiger partial charge in [0.05, 0.1) is 5.69 Å². The molecule has 1 aliphatic heterocycles. The Morgan fingerprint density at radius 3 is 2.71 bits per heavy atom. The Morgan fingerprint density at radius 2 is 1.88 bits per heavy atom. The quantitative estimate of drug-likeness (QED) is 0.718. The Kier molecular flexibility index (Phi) is 4.28. The molecule has 4 nitrogen and oxygen atoms in total. The number of nitrogens with zero attached hydrogens (tertiary/aromatic N) is 3. The van der Waals surface area contributed by atoms with Crippen LogP contribution in [-0.2, 0) is 0 Å². The van der Waals surface area contributed by atoms with Crippen LogP contribution in [0.15, 0.2) is 52.9 Å². The summed E-state index contributed by atoms with van der Waals surface area (Å²) in [6.45, 7) is 2.17. The van der Waals surface area contributed by atoms with Gasteiger partial charge in [0, 0.05) is 42.6 Å². The molecule has 0 unspecified atom stereocenters. The van der Waals surface area contributed by atoms with Gasteiger partial charge < -0.3 is 4.90 Å². The smallest absolute Gasteiger partial charge is 0.203 e. The number of piperidine rings is 1. The molecule has 0 spiro atoms. The van der Waals surface area contributed by atoms with Gasteiger partial charge in [0.15, 0.2) is 0 Å². The van der Waals surface area contributed by atoms with Crippen LogP contribution in [0.5, 0.6) is 0 Å². The summed E-state index contributed by atoms with van der Waals surface area (Å²) in [5.41, 5.74) is 6.51. The summed E-state index contributed by atoms with van der Waals surface area (Å²) < 4.78 is 0. The zero-order chi connectivity index (χ0) is 16.4. The van der Waals surface area contributed by atoms with E-state index in [0.29, 0.717) is 0 Å². The van der Waals surface area contributed by atoms with Crippen molar-refractivity contribution >= 4 is 33.0 Å². The Bertz CT molecular complexity index is 874. The number of rotatable bonds is 3. The second-order valence-corrected chi connectivity index (χ2v) is 7.05. The molecule has 2 heterocycles. The molecule has 1 aliphatic rings. The predicted molar refractivity (Wildman–Crippen MR) is 103 cm³/mol. The molecule has 1 aromatic heterocycles. The van der Waals surface area contributed by atoms with Crippen molar-refractivity contribution in [1.82, 2.24) is 9.88 Å². The molecule has 1 N–H and O–H groups in total. The summed E-state index contributed by atoms with van der Waals surface area (Å²) in [5.74, 6) is 0. The molecule has 2 aromatic carbocycles. The standard InChI is InChI=1S/C19H20N4S/c1-23-10-8-17(9-11-23)21-22-19-20-18(13-24-19)16-7-6-14-4-2-3-5-15(14)12-16/h2-7,12-13H,8-11H2,1H3,(H,20,22). The molecule has 1 saturated heterocycles. The maximum atomic E-state index is 4.68. The minimum atomic E-state index is 0.851. The topological polar surface area (TPSA) is 40.5 Å². The van der Waals surface area contributed by atoms with E-state index in [1.54, 1.807) is 11.3 Å². The van der Waals surface area contributed by atoms with Crippen LogP contribution < -0.4 is 5.43 Å². The van der Waals surface area contributed by atoms with E-state index in [9.17, 15) is 0 Å². The first kappa shape index (κ1) is 15.3. The van der Waals surface area contributed by atoms with Gasteiger partial charge in [-0.05, 0) is 23.9 Å². The highest BCUT2D eigenvalue weighted by molar-refractivity contribution is 7.14. The molecule has 0 bridgehead atoms. The zero-order valence-electron chi connectivity index (χ0n) is 13.7. The van der Waals surface area contributed by atoms with Crippen molar-refractivity contribution in [3.05, 3.63) is 47.8 Å². The van der Waals surface area contributed by atoms with Gasteiger partial charge in [-0.25, -0.2) is 4.98 Å². The van der Waals surface area contributed by atoms with E-state index in [1.165, 1.54) is 16.5 Å². The molecular formula is C19H20N4S. The fourth-order valence-electron chi connectivity index (χ4n) is 2.92. The molecule has 0 aliphatic carbocycles. The summed E-state index contributed by atoms with van der Waals surface area (Å²) in [6.07, 6.45) is 2.07. The number of thiazole rings is 1. The number of fused-ring (bicyclic) bond motifs is 1. The van der Waals surface area contributed by atoms with Gasteiger partial charge in [-0.15, -0.1) is 11.3 Å². The van der Waals surface area contributed by atoms with E-state index in [4.69, 9.17) is 0 Å². The first-order valence-corrected chi connectivity index (χ1v) is 9.10. The highest BCUT2D eigenvalue weighted by Crippen LogP contribution is 2.27. The van der Waals surface area contributed by atoms with E-state index >= 15 is 0 Å². The van der Waals surface area contributed by atoms with Gasteiger partial charge in [-0.2, -0.15) is 5.10 Å². The lowest BCUT2D eigenvalue weighted by molar-refractivity contribution is 0.336. The Morgan fingerprint density at radius 1 is 1.08 bits per heavy atom. The zero-order valence-corrected chi connectivity index (χ0v) is 14.5. The molecule has 5 heteroatoms. The fourth-order valence-corrected chi connectivity index (χ4v) is 3.58. The lowest BCUT2D eigenvalue weighted by atomic mass is 10.1. The maximum absolute atomic E-state index is 4.68. The summed E-state index contributed by atoms with van der Waals surface area (Å²) in [7, 11) is 2.15. The van der Waals surface area contributed by atoms with Gasteiger partial charge in [0.2, 0.25) is 5.13 Å². The van der Waals surface area contributed by atoms with Crippen molar-refractivity contribution in [3.63, 3.8) is 0 Å². The summed E-state index contributed by atoms with van der Waals surface area (Å²) in [4.78, 5) is 7.01. The van der Waals surface area contributed by atoms with E-state index < -0.39 is 0 Å². The van der Waals surface area contributed by atoms with Crippen molar-refractivity contribution < 1.29 is 0 Å². The molecule has 0 radical (unpaired) electrons. The molecule has 0 amide bonds. The van der Waals surface area contributed by atoms with Crippen molar-refractivity contribution in [3.8, 4) is 11.3 Å². The van der Waals surface area contributed by atoms with Crippen LogP contribution in [-0.4, -0.2) is 35.7 Å². The average Bonchev–Trinajstić information content (AvgIpc) is 3.10. The highest BCUT2D eigenvalue weighted by Gasteiger charge is 2.11. The lowest BCUT2D eigenvalue weighted by Gasteiger charge is -2.22. The van der Waals surface area contributed by atoms with Crippen molar-refractivity contribution in [1.29, 1.82) is 0 Å². The number of hydrogen-bond acceptors (Lipinski definition) is 5. The van der Waals surface area contributed by atoms with Crippen molar-refractivity contribution in [2.75, 3.05) is 25.6 Å². The minimum Gasteiger partial charge on any atom is -0.306 e. The van der Waals surface area contributed by atoms with E-state index in [2.05, 4.69) is 75.3 Å². The number of aromatic nitrogens is 1. The van der Waals surface area contributed by atoms with Crippen LogP contribution in [0.2, 0.25) is 0 Å². The highest BCUT2D eigenvalue weighted by atomic mass is 32.1. The van der Waals surface area contributed by atoms with E-state index in [0.717, 1.165) is 42.3 Å². The van der Waals surface area contributed by atoms with E-state index in [-0.39, 0.29) is 0 Å². The maximum Gasteiger partial charge on any atom is 0.203 e. The van der Waals surface area contributed by atoms with Crippen LogP contribution in [0, 0.1) is 0 Å². The summed E-state index contributed by atoms with van der Waals surface area (Å²) in [5, 5.41) is 9.96. The summed E-state index contributed by atoms with van der Waals surface area (Å²) in [6, 6.07) is 14.9. The second kappa shape index (κ2) is 6.71. The largest absolute Gasteiger partial charge is 0.306 e. The molecular weight excluding hydrogens is 316 g/mol. The van der Waals surface area contributed by atoms with Crippen LogP contribution >= 0.6 is 11.3 Å². The molecule has 1 fully saturated rings. The van der Waals surface area contributed by atoms with Crippen LogP contribution in [0.3, 0.4) is 0 Å². The molecule has 122 valence electrons. The molecule has 4 rings (SSSR count). The Labute approximate surface area is 145 Å². The van der Waals surface area contributed by atoms with Crippen LogP contribution in [0.4, 0.5) is 5.13 Å². The minimum absolute atomic E-state index is 0.851. The number of hydrogen-bond donors (Lipinski definition) is 1. The Hall–Kier alpha value is -2.24. The number of anilines is 1. The monoisotopic (exact) mass is 336 g/mol. The number of likely N-dealkylation sites (tertiary alicyclic amines) is 1. The van der Waals surface area contributed by atoms with Gasteiger partial charge in [0.25, 0.3) is 0 Å². The molecule has 3 aromatic rings. The second-order valence-electron chi connectivity index (χ2n) is 6.19. The molecule has 0 atom stereocenters. The van der Waals surface area contributed by atoms with Gasteiger partial charge in [0.1, 0.15) is 0 Å². The third-order valence-electron chi connectivity index (χ3n) is 4.42. The van der Waals surface area contributed by atoms with Gasteiger partial charge in [-0.3, -0.25) is 5.43 Å². The van der Waals surface area contributed by atoms with Crippen molar-refractivity contribution in [2.45, 2.75) is 12.8 Å². The SMILES string of the molecule is CN1CCC(=NNc2nc(-c3ccc4ccccc4c3)cs2)CC1. The van der Waals surface area contributed by atoms with Gasteiger partial charge >= 0.3 is 0 Å². The number of benzene rings is 2. The van der Waals surface area contributed by atoms with Crippen LogP contribution in [0.1, 0.15) is 12.8 Å². The van der Waals surface area contributed by atoms with Gasteiger partial charge in [-0.1, -0.05) is 36.4 Å². The molecule has 0 saturated carbocycles. The third-order valence-corrected chi connectivity index (χ3v) is 5.17. The molecule has 24 heavy (non-hydrogen) atoms. The first-order chi connectivity index (χ1) is 11.8. The first-order valence-electron chi connectivity index (χ1n) is 8.23. The third kappa shape index (κ3) is 3.32. The predicted octanol–water partition coefficient (Wildman–Crippen LogP) is 4.46.